The first-order valence-electron chi connectivity index (χ1n) is 11.2. The van der Waals surface area contributed by atoms with Gasteiger partial charge in [-0.15, -0.1) is 0 Å². The Bertz CT molecular complexity index is 985. The van der Waals surface area contributed by atoms with E-state index in [1.807, 2.05) is 71.0 Å². The molecule has 1 aromatic heterocycles. The summed E-state index contributed by atoms with van der Waals surface area (Å²) < 4.78 is 1.67. The van der Waals surface area contributed by atoms with Crippen molar-refractivity contribution in [2.75, 3.05) is 11.9 Å². The lowest BCUT2D eigenvalue weighted by Crippen LogP contribution is -2.47. The zero-order chi connectivity index (χ0) is 23.5. The van der Waals surface area contributed by atoms with Crippen molar-refractivity contribution < 1.29 is 14.4 Å². The fraction of sp³-hybridized carbons (Fsp3) is 0.500. The Morgan fingerprint density at radius 1 is 1.09 bits per heavy atom. The van der Waals surface area contributed by atoms with Gasteiger partial charge in [0.1, 0.15) is 17.9 Å². The topological polar surface area (TPSA) is 96.3 Å². The number of hydrogen-bond donors (Lipinski definition) is 2. The third-order valence-electron chi connectivity index (χ3n) is 5.65. The molecule has 0 atom stereocenters. The number of benzene rings is 1. The highest BCUT2D eigenvalue weighted by Gasteiger charge is 2.50. The Labute approximate surface area is 189 Å². The Hall–Kier alpha value is -3.16. The van der Waals surface area contributed by atoms with Crippen LogP contribution in [0.2, 0.25) is 0 Å². The average molecular weight is 440 g/mol. The van der Waals surface area contributed by atoms with Crippen molar-refractivity contribution in [3.63, 3.8) is 0 Å². The minimum absolute atomic E-state index is 0.218. The van der Waals surface area contributed by atoms with E-state index in [0.29, 0.717) is 18.7 Å². The van der Waals surface area contributed by atoms with Crippen LogP contribution >= 0.6 is 0 Å². The van der Waals surface area contributed by atoms with Gasteiger partial charge in [0.2, 0.25) is 5.91 Å². The number of rotatable bonds is 8. The van der Waals surface area contributed by atoms with Crippen LogP contribution in [0, 0.1) is 0 Å². The standard InChI is InChI=1S/C24H33N5O3/c1-6-13-24(14-7-2)21(31)28(22(32)26-24)16-20(30)25-19-15-18(23(3,4)5)27-29(19)17-11-9-8-10-12-17/h8-12,15H,6-7,13-14,16H2,1-5H3,(H,25,30)(H,26,32). The van der Waals surface area contributed by atoms with Crippen molar-refractivity contribution in [1.82, 2.24) is 20.0 Å². The quantitative estimate of drug-likeness (QED) is 0.608. The van der Waals surface area contributed by atoms with Gasteiger partial charge >= 0.3 is 6.03 Å². The van der Waals surface area contributed by atoms with Crippen molar-refractivity contribution in [2.45, 2.75) is 71.3 Å². The maximum absolute atomic E-state index is 13.1. The molecule has 8 nitrogen and oxygen atoms in total. The summed E-state index contributed by atoms with van der Waals surface area (Å²) in [6.07, 6.45) is 2.63. The Balaban J connectivity index is 1.83. The van der Waals surface area contributed by atoms with Crippen molar-refractivity contribution >= 4 is 23.7 Å². The molecule has 0 radical (unpaired) electrons. The summed E-state index contributed by atoms with van der Waals surface area (Å²) in [5.74, 6) is -0.283. The van der Waals surface area contributed by atoms with E-state index in [2.05, 4.69) is 15.7 Å². The molecule has 2 N–H and O–H groups in total. The minimum atomic E-state index is -0.911. The highest BCUT2D eigenvalue weighted by molar-refractivity contribution is 6.10. The summed E-state index contributed by atoms with van der Waals surface area (Å²) in [5.41, 5.74) is 0.491. The van der Waals surface area contributed by atoms with E-state index in [1.165, 1.54) is 0 Å². The SMILES string of the molecule is CCCC1(CCC)NC(=O)N(CC(=O)Nc2cc(C(C)(C)C)nn2-c2ccccc2)C1=O. The number of aromatic nitrogens is 2. The van der Waals surface area contributed by atoms with Crippen molar-refractivity contribution in [3.05, 3.63) is 42.1 Å². The van der Waals surface area contributed by atoms with Crippen LogP contribution in [0.25, 0.3) is 5.69 Å². The molecule has 0 saturated carbocycles. The van der Waals surface area contributed by atoms with Gasteiger partial charge in [-0.05, 0) is 25.0 Å². The Morgan fingerprint density at radius 3 is 2.28 bits per heavy atom. The highest BCUT2D eigenvalue weighted by Crippen LogP contribution is 2.29. The monoisotopic (exact) mass is 439 g/mol. The number of para-hydroxylation sites is 1. The number of carbonyl (C=O) groups excluding carboxylic acids is 3. The molecule has 1 aromatic carbocycles. The van der Waals surface area contributed by atoms with E-state index in [4.69, 9.17) is 0 Å². The summed E-state index contributed by atoms with van der Waals surface area (Å²) >= 11 is 0. The summed E-state index contributed by atoms with van der Waals surface area (Å²) in [4.78, 5) is 39.6. The van der Waals surface area contributed by atoms with Crippen LogP contribution in [-0.4, -0.2) is 44.6 Å². The van der Waals surface area contributed by atoms with Gasteiger partial charge in [-0.1, -0.05) is 65.7 Å². The second-order valence-electron chi connectivity index (χ2n) is 9.36. The first kappa shape index (κ1) is 23.5. The maximum atomic E-state index is 13.1. The molecule has 8 heteroatoms. The number of carbonyl (C=O) groups is 3. The average Bonchev–Trinajstić information content (AvgIpc) is 3.25. The molecule has 172 valence electrons. The fourth-order valence-electron chi connectivity index (χ4n) is 4.07. The highest BCUT2D eigenvalue weighted by atomic mass is 16.2. The molecular weight excluding hydrogens is 406 g/mol. The summed E-state index contributed by atoms with van der Waals surface area (Å²) in [5, 5.41) is 10.4. The van der Waals surface area contributed by atoms with Gasteiger partial charge < -0.3 is 10.6 Å². The van der Waals surface area contributed by atoms with Gasteiger partial charge in [0.05, 0.1) is 11.4 Å². The zero-order valence-electron chi connectivity index (χ0n) is 19.6. The molecule has 0 bridgehead atoms. The van der Waals surface area contributed by atoms with Crippen LogP contribution in [0.3, 0.4) is 0 Å². The molecule has 32 heavy (non-hydrogen) atoms. The van der Waals surface area contributed by atoms with Gasteiger partial charge in [0, 0.05) is 11.5 Å². The van der Waals surface area contributed by atoms with Gasteiger partial charge in [-0.3, -0.25) is 14.5 Å². The van der Waals surface area contributed by atoms with Gasteiger partial charge in [-0.2, -0.15) is 5.10 Å². The van der Waals surface area contributed by atoms with Gasteiger partial charge in [0.25, 0.3) is 5.91 Å². The van der Waals surface area contributed by atoms with E-state index in [0.717, 1.165) is 29.1 Å². The third kappa shape index (κ3) is 4.69. The number of hydrogen-bond acceptors (Lipinski definition) is 4. The number of nitrogens with zero attached hydrogens (tertiary/aromatic N) is 3. The molecule has 1 saturated heterocycles. The molecule has 3 rings (SSSR count). The molecule has 0 aliphatic carbocycles. The molecule has 0 spiro atoms. The summed E-state index contributed by atoms with van der Waals surface area (Å²) in [6, 6.07) is 10.8. The molecule has 1 aliphatic rings. The van der Waals surface area contributed by atoms with Crippen LogP contribution in [0.15, 0.2) is 36.4 Å². The Morgan fingerprint density at radius 2 is 1.72 bits per heavy atom. The molecule has 0 unspecified atom stereocenters. The number of amides is 4. The lowest BCUT2D eigenvalue weighted by molar-refractivity contribution is -0.134. The van der Waals surface area contributed by atoms with E-state index < -0.39 is 17.5 Å². The van der Waals surface area contributed by atoms with E-state index in [1.54, 1.807) is 4.68 Å². The van der Waals surface area contributed by atoms with Crippen LogP contribution in [-0.2, 0) is 15.0 Å². The second-order valence-corrected chi connectivity index (χ2v) is 9.36. The zero-order valence-corrected chi connectivity index (χ0v) is 19.6. The van der Waals surface area contributed by atoms with Crippen molar-refractivity contribution in [3.8, 4) is 5.69 Å². The number of nitrogens with one attached hydrogen (secondary N) is 2. The van der Waals surface area contributed by atoms with Crippen molar-refractivity contribution in [2.24, 2.45) is 0 Å². The number of imide groups is 1. The number of urea groups is 1. The molecular formula is C24H33N5O3. The largest absolute Gasteiger partial charge is 0.325 e. The second kappa shape index (κ2) is 9.14. The summed E-state index contributed by atoms with van der Waals surface area (Å²) in [7, 11) is 0. The maximum Gasteiger partial charge on any atom is 0.325 e. The van der Waals surface area contributed by atoms with Crippen LogP contribution in [0.1, 0.15) is 66.0 Å². The van der Waals surface area contributed by atoms with E-state index in [9.17, 15) is 14.4 Å². The fourth-order valence-corrected chi connectivity index (χ4v) is 4.07. The first-order chi connectivity index (χ1) is 15.1. The van der Waals surface area contributed by atoms with E-state index >= 15 is 0 Å². The lowest BCUT2D eigenvalue weighted by Gasteiger charge is -2.25. The molecule has 1 fully saturated rings. The molecule has 2 aromatic rings. The number of anilines is 1. The molecule has 4 amide bonds. The van der Waals surface area contributed by atoms with Crippen LogP contribution in [0.5, 0.6) is 0 Å². The minimum Gasteiger partial charge on any atom is -0.323 e. The first-order valence-corrected chi connectivity index (χ1v) is 11.2. The van der Waals surface area contributed by atoms with Crippen LogP contribution < -0.4 is 10.6 Å². The molecule has 1 aliphatic heterocycles. The lowest BCUT2D eigenvalue weighted by atomic mass is 9.88. The predicted octanol–water partition coefficient (Wildman–Crippen LogP) is 4.00. The normalized spacial score (nSPS) is 15.7. The van der Waals surface area contributed by atoms with Crippen molar-refractivity contribution in [1.29, 1.82) is 0 Å². The van der Waals surface area contributed by atoms with E-state index in [-0.39, 0.29) is 17.9 Å². The Kier molecular flexibility index (Phi) is 6.71. The third-order valence-corrected chi connectivity index (χ3v) is 5.65. The summed E-state index contributed by atoms with van der Waals surface area (Å²) in [6.45, 7) is 9.75. The molecule has 2 heterocycles. The predicted molar refractivity (Wildman–Crippen MR) is 124 cm³/mol. The van der Waals surface area contributed by atoms with Gasteiger partial charge in [0.15, 0.2) is 0 Å². The smallest absolute Gasteiger partial charge is 0.323 e. The van der Waals surface area contributed by atoms with Crippen LogP contribution in [0.4, 0.5) is 10.6 Å². The van der Waals surface area contributed by atoms with Gasteiger partial charge in [-0.25, -0.2) is 9.48 Å².